The minimum atomic E-state index is -0.172. The molecule has 31 heavy (non-hydrogen) atoms. The molecule has 0 saturated carbocycles. The maximum absolute atomic E-state index is 13.1. The summed E-state index contributed by atoms with van der Waals surface area (Å²) in [7, 11) is 1.59. The van der Waals surface area contributed by atoms with Crippen LogP contribution in [0.3, 0.4) is 0 Å². The van der Waals surface area contributed by atoms with E-state index < -0.39 is 0 Å². The van der Waals surface area contributed by atoms with Gasteiger partial charge in [-0.2, -0.15) is 0 Å². The fraction of sp³-hybridized carbons (Fsp3) is 0.304. The van der Waals surface area contributed by atoms with Crippen LogP contribution < -0.4 is 15.6 Å². The molecular weight excluding hydrogens is 412 g/mol. The molecule has 1 aliphatic rings. The number of hydrogen-bond donors (Lipinski definition) is 1. The van der Waals surface area contributed by atoms with Gasteiger partial charge in [-0.3, -0.25) is 19.1 Å². The number of aromatic nitrogens is 3. The summed E-state index contributed by atoms with van der Waals surface area (Å²) in [5.74, 6) is 0.480. The van der Waals surface area contributed by atoms with Gasteiger partial charge in [0.05, 0.1) is 24.5 Å². The molecule has 3 heterocycles. The molecule has 4 aromatic rings. The number of benzene rings is 1. The van der Waals surface area contributed by atoms with E-state index in [1.165, 1.54) is 16.9 Å². The van der Waals surface area contributed by atoms with E-state index in [-0.39, 0.29) is 24.4 Å². The van der Waals surface area contributed by atoms with Gasteiger partial charge in [0.2, 0.25) is 5.91 Å². The maximum atomic E-state index is 13.1. The summed E-state index contributed by atoms with van der Waals surface area (Å²) in [6.07, 6.45) is 7.68. The average molecular weight is 435 g/mol. The van der Waals surface area contributed by atoms with Crippen molar-refractivity contribution in [1.29, 1.82) is 0 Å². The lowest BCUT2D eigenvalue weighted by Gasteiger charge is -2.12. The third-order valence-electron chi connectivity index (χ3n) is 5.75. The zero-order chi connectivity index (χ0) is 21.4. The Labute approximate surface area is 182 Å². The van der Waals surface area contributed by atoms with Crippen LogP contribution in [0.15, 0.2) is 41.6 Å². The summed E-state index contributed by atoms with van der Waals surface area (Å²) in [5.41, 5.74) is 2.48. The largest absolute Gasteiger partial charge is 0.494 e. The van der Waals surface area contributed by atoms with Gasteiger partial charge in [-0.1, -0.05) is 0 Å². The molecule has 0 radical (unpaired) electrons. The minimum Gasteiger partial charge on any atom is -0.494 e. The number of thiophene rings is 1. The predicted octanol–water partition coefficient (Wildman–Crippen LogP) is 3.92. The van der Waals surface area contributed by atoms with E-state index in [9.17, 15) is 9.59 Å². The van der Waals surface area contributed by atoms with Gasteiger partial charge in [-0.15, -0.1) is 11.3 Å². The highest BCUT2D eigenvalue weighted by Gasteiger charge is 2.20. The van der Waals surface area contributed by atoms with Crippen molar-refractivity contribution in [2.45, 2.75) is 38.6 Å². The molecule has 0 fully saturated rings. The van der Waals surface area contributed by atoms with E-state index in [4.69, 9.17) is 4.74 Å². The number of ether oxygens (including phenoxy) is 1. The summed E-state index contributed by atoms with van der Waals surface area (Å²) < 4.78 is 6.91. The van der Waals surface area contributed by atoms with E-state index in [1.54, 1.807) is 47.7 Å². The van der Waals surface area contributed by atoms with Gasteiger partial charge < -0.3 is 10.1 Å². The number of hydrogen-bond acceptors (Lipinski definition) is 6. The Morgan fingerprint density at radius 3 is 2.97 bits per heavy atom. The number of nitrogens with one attached hydrogen (secondary N) is 1. The van der Waals surface area contributed by atoms with Crippen molar-refractivity contribution < 1.29 is 9.53 Å². The molecule has 0 saturated heterocycles. The number of nitrogens with zero attached hydrogens (tertiary/aromatic N) is 3. The molecular formula is C23H22N4O3S. The van der Waals surface area contributed by atoms with E-state index >= 15 is 0 Å². The molecule has 5 rings (SSSR count). The van der Waals surface area contributed by atoms with Gasteiger partial charge in [0, 0.05) is 29.4 Å². The summed E-state index contributed by atoms with van der Waals surface area (Å²) in [5, 5.41) is 4.49. The smallest absolute Gasteiger partial charge is 0.262 e. The number of fused-ring (bicyclic) bond motifs is 4. The number of anilines is 1. The number of methoxy groups -OCH3 is 1. The van der Waals surface area contributed by atoms with Crippen molar-refractivity contribution in [1.82, 2.24) is 14.5 Å². The molecule has 1 aliphatic carbocycles. The molecule has 1 N–H and O–H groups in total. The molecule has 7 nitrogen and oxygen atoms in total. The van der Waals surface area contributed by atoms with Crippen LogP contribution in [0.5, 0.6) is 5.75 Å². The Hall–Kier alpha value is -3.26. The lowest BCUT2D eigenvalue weighted by Crippen LogP contribution is -2.24. The highest BCUT2D eigenvalue weighted by atomic mass is 32.1. The minimum absolute atomic E-state index is 0.0451. The molecule has 0 unspecified atom stereocenters. The highest BCUT2D eigenvalue weighted by molar-refractivity contribution is 7.18. The normalized spacial score (nSPS) is 13.3. The van der Waals surface area contributed by atoms with Crippen LogP contribution in [0, 0.1) is 0 Å². The second-order valence-corrected chi connectivity index (χ2v) is 8.73. The van der Waals surface area contributed by atoms with Gasteiger partial charge in [0.25, 0.3) is 5.56 Å². The number of carbonyl (C=O) groups excluding carboxylic acids is 1. The predicted molar refractivity (Wildman–Crippen MR) is 122 cm³/mol. The van der Waals surface area contributed by atoms with Crippen LogP contribution in [0.1, 0.15) is 29.7 Å². The van der Waals surface area contributed by atoms with Crippen molar-refractivity contribution in [3.05, 3.63) is 57.6 Å². The van der Waals surface area contributed by atoms with Crippen LogP contribution in [0.25, 0.3) is 21.1 Å². The number of carbonyl (C=O) groups is 1. The van der Waals surface area contributed by atoms with Crippen LogP contribution >= 0.6 is 11.3 Å². The quantitative estimate of drug-likeness (QED) is 0.514. The molecule has 1 amide bonds. The van der Waals surface area contributed by atoms with E-state index in [0.717, 1.165) is 34.9 Å². The Balaban J connectivity index is 1.36. The first-order valence-corrected chi connectivity index (χ1v) is 11.2. The van der Waals surface area contributed by atoms with Crippen LogP contribution in [0.2, 0.25) is 0 Å². The number of amides is 1. The maximum Gasteiger partial charge on any atom is 0.262 e. The lowest BCUT2D eigenvalue weighted by molar-refractivity contribution is -0.116. The Kier molecular flexibility index (Phi) is 5.15. The molecule has 0 bridgehead atoms. The second kappa shape index (κ2) is 8.11. The van der Waals surface area contributed by atoms with Crippen molar-refractivity contribution in [2.24, 2.45) is 0 Å². The van der Waals surface area contributed by atoms with E-state index in [1.807, 2.05) is 12.1 Å². The number of pyridine rings is 1. The first kappa shape index (κ1) is 19.7. The van der Waals surface area contributed by atoms with E-state index in [2.05, 4.69) is 15.3 Å². The molecule has 1 aromatic carbocycles. The topological polar surface area (TPSA) is 86.1 Å². The summed E-state index contributed by atoms with van der Waals surface area (Å²) in [4.78, 5) is 36.7. The molecule has 0 spiro atoms. The fourth-order valence-corrected chi connectivity index (χ4v) is 5.42. The number of rotatable bonds is 5. The molecule has 8 heteroatoms. The van der Waals surface area contributed by atoms with Gasteiger partial charge in [-0.05, 0) is 55.5 Å². The SMILES string of the molecule is COc1ccc(NC(=O)CCn2cnc3sc4c(c3c2=O)CCCC4)c2cccnc12. The number of aryl methyl sites for hydroxylation is 3. The monoisotopic (exact) mass is 434 g/mol. The van der Waals surface area contributed by atoms with Crippen molar-refractivity contribution in [3.63, 3.8) is 0 Å². The van der Waals surface area contributed by atoms with Crippen LogP contribution in [-0.4, -0.2) is 27.6 Å². The van der Waals surface area contributed by atoms with Crippen LogP contribution in [-0.2, 0) is 24.2 Å². The zero-order valence-corrected chi connectivity index (χ0v) is 18.0. The molecule has 3 aromatic heterocycles. The lowest BCUT2D eigenvalue weighted by atomic mass is 9.97. The summed E-state index contributed by atoms with van der Waals surface area (Å²) in [6, 6.07) is 7.30. The zero-order valence-electron chi connectivity index (χ0n) is 17.2. The van der Waals surface area contributed by atoms with Crippen molar-refractivity contribution >= 4 is 44.1 Å². The first-order valence-electron chi connectivity index (χ1n) is 10.4. The third-order valence-corrected chi connectivity index (χ3v) is 6.95. The first-order chi connectivity index (χ1) is 15.2. The van der Waals surface area contributed by atoms with Gasteiger partial charge in [-0.25, -0.2) is 4.98 Å². The average Bonchev–Trinajstić information content (AvgIpc) is 3.18. The molecule has 0 atom stereocenters. The molecule has 0 aliphatic heterocycles. The standard InChI is InChI=1S/C23H22N4O3S/c1-30-17-9-8-16(14-6-4-11-24-21(14)17)26-19(28)10-12-27-13-25-22-20(23(27)29)15-5-2-3-7-18(15)31-22/h4,6,8-9,11,13H,2-3,5,7,10,12H2,1H3,(H,26,28). The molecule has 158 valence electrons. The summed E-state index contributed by atoms with van der Waals surface area (Å²) in [6.45, 7) is 0.282. The fourth-order valence-electron chi connectivity index (χ4n) is 4.20. The van der Waals surface area contributed by atoms with Gasteiger partial charge in [0.15, 0.2) is 0 Å². The summed E-state index contributed by atoms with van der Waals surface area (Å²) >= 11 is 1.63. The van der Waals surface area contributed by atoms with E-state index in [0.29, 0.717) is 17.0 Å². The second-order valence-electron chi connectivity index (χ2n) is 7.65. The van der Waals surface area contributed by atoms with Crippen molar-refractivity contribution in [3.8, 4) is 5.75 Å². The Bertz CT molecular complexity index is 1360. The van der Waals surface area contributed by atoms with Crippen molar-refractivity contribution in [2.75, 3.05) is 12.4 Å². The highest BCUT2D eigenvalue weighted by Crippen LogP contribution is 2.33. The van der Waals surface area contributed by atoms with Gasteiger partial charge in [0.1, 0.15) is 16.1 Å². The van der Waals surface area contributed by atoms with Gasteiger partial charge >= 0.3 is 0 Å². The Morgan fingerprint density at radius 1 is 1.23 bits per heavy atom. The Morgan fingerprint density at radius 2 is 2.10 bits per heavy atom. The third kappa shape index (κ3) is 3.57. The van der Waals surface area contributed by atoms with Crippen LogP contribution in [0.4, 0.5) is 5.69 Å².